The van der Waals surface area contributed by atoms with Gasteiger partial charge in [0.2, 0.25) is 0 Å². The summed E-state index contributed by atoms with van der Waals surface area (Å²) in [5.41, 5.74) is 4.75. The average molecular weight is 494 g/mol. The van der Waals surface area contributed by atoms with Gasteiger partial charge in [0.1, 0.15) is 12.3 Å². The van der Waals surface area contributed by atoms with Crippen molar-refractivity contribution < 1.29 is 24.2 Å². The summed E-state index contributed by atoms with van der Waals surface area (Å²) in [6, 6.07) is 16.1. The molecule has 8 nitrogen and oxygen atoms in total. The van der Waals surface area contributed by atoms with Crippen molar-refractivity contribution in [2.45, 2.75) is 38.6 Å². The van der Waals surface area contributed by atoms with Gasteiger partial charge in [-0.25, -0.2) is 9.78 Å². The van der Waals surface area contributed by atoms with Crippen LogP contribution in [0, 0.1) is 0 Å². The van der Waals surface area contributed by atoms with Crippen LogP contribution in [0.25, 0.3) is 11.1 Å². The SMILES string of the molecule is CC(C)N(CCCC(=O)O)C(=O)c1csc(NC(=O)OCC2c3ccccc3-c3ccccc32)n1. The van der Waals surface area contributed by atoms with Gasteiger partial charge in [-0.3, -0.25) is 14.9 Å². The van der Waals surface area contributed by atoms with Gasteiger partial charge >= 0.3 is 12.1 Å². The van der Waals surface area contributed by atoms with E-state index in [2.05, 4.69) is 34.6 Å². The Morgan fingerprint density at radius 1 is 1.09 bits per heavy atom. The number of carboxylic acid groups (broad SMARTS) is 1. The molecule has 1 aliphatic carbocycles. The van der Waals surface area contributed by atoms with Crippen molar-refractivity contribution >= 4 is 34.4 Å². The van der Waals surface area contributed by atoms with Gasteiger partial charge in [-0.05, 0) is 42.5 Å². The van der Waals surface area contributed by atoms with Crippen molar-refractivity contribution in [3.63, 3.8) is 0 Å². The lowest BCUT2D eigenvalue weighted by Crippen LogP contribution is -2.38. The van der Waals surface area contributed by atoms with E-state index in [-0.39, 0.29) is 41.7 Å². The van der Waals surface area contributed by atoms with Crippen molar-refractivity contribution in [2.24, 2.45) is 0 Å². The number of thiazole rings is 1. The van der Waals surface area contributed by atoms with Crippen LogP contribution in [-0.4, -0.2) is 52.2 Å². The second kappa shape index (κ2) is 10.7. The number of carbonyl (C=O) groups is 3. The summed E-state index contributed by atoms with van der Waals surface area (Å²) in [7, 11) is 0. The number of benzene rings is 2. The van der Waals surface area contributed by atoms with Crippen LogP contribution < -0.4 is 5.32 Å². The number of hydrogen-bond donors (Lipinski definition) is 2. The standard InChI is InChI=1S/C26H27N3O5S/c1-16(2)29(13-7-12-23(30)31)24(32)22-15-35-25(27-22)28-26(33)34-14-21-19-10-5-3-8-17(19)18-9-4-6-11-20(18)21/h3-6,8-11,15-16,21H,7,12-14H2,1-2H3,(H,30,31)(H,27,28,33). The maximum absolute atomic E-state index is 12.9. The summed E-state index contributed by atoms with van der Waals surface area (Å²) < 4.78 is 5.54. The Kier molecular flexibility index (Phi) is 7.45. The molecule has 0 fully saturated rings. The van der Waals surface area contributed by atoms with E-state index in [0.29, 0.717) is 13.0 Å². The van der Waals surface area contributed by atoms with Crippen molar-refractivity contribution in [1.82, 2.24) is 9.88 Å². The molecule has 35 heavy (non-hydrogen) atoms. The summed E-state index contributed by atoms with van der Waals surface area (Å²) >= 11 is 1.13. The van der Waals surface area contributed by atoms with Gasteiger partial charge in [0.05, 0.1) is 0 Å². The Labute approximate surface area is 207 Å². The van der Waals surface area contributed by atoms with Crippen LogP contribution in [0.3, 0.4) is 0 Å². The molecule has 0 saturated carbocycles. The largest absolute Gasteiger partial charge is 0.481 e. The van der Waals surface area contributed by atoms with Crippen molar-refractivity contribution in [3.05, 3.63) is 70.7 Å². The number of aliphatic carboxylic acids is 1. The fraction of sp³-hybridized carbons (Fsp3) is 0.308. The molecule has 0 spiro atoms. The monoisotopic (exact) mass is 493 g/mol. The number of amides is 2. The quantitative estimate of drug-likeness (QED) is 0.423. The van der Waals surface area contributed by atoms with E-state index in [0.717, 1.165) is 33.6 Å². The summed E-state index contributed by atoms with van der Waals surface area (Å²) in [4.78, 5) is 42.0. The Balaban J connectivity index is 1.36. The van der Waals surface area contributed by atoms with Gasteiger partial charge in [-0.15, -0.1) is 11.3 Å². The molecule has 182 valence electrons. The maximum Gasteiger partial charge on any atom is 0.413 e. The third kappa shape index (κ3) is 5.51. The molecule has 1 aromatic heterocycles. The lowest BCUT2D eigenvalue weighted by Gasteiger charge is -2.25. The molecule has 9 heteroatoms. The zero-order valence-corrected chi connectivity index (χ0v) is 20.4. The maximum atomic E-state index is 12.9. The smallest absolute Gasteiger partial charge is 0.413 e. The Hall–Kier alpha value is -3.72. The number of nitrogens with zero attached hydrogens (tertiary/aromatic N) is 2. The zero-order chi connectivity index (χ0) is 24.9. The van der Waals surface area contributed by atoms with Crippen molar-refractivity contribution in [3.8, 4) is 11.1 Å². The van der Waals surface area contributed by atoms with Crippen LogP contribution in [-0.2, 0) is 9.53 Å². The van der Waals surface area contributed by atoms with Crippen molar-refractivity contribution in [1.29, 1.82) is 0 Å². The topological polar surface area (TPSA) is 109 Å². The summed E-state index contributed by atoms with van der Waals surface area (Å²) in [5, 5.41) is 13.3. The number of fused-ring (bicyclic) bond motifs is 3. The number of carbonyl (C=O) groups excluding carboxylic acids is 2. The first kappa shape index (κ1) is 24.4. The molecule has 1 aliphatic rings. The van der Waals surface area contributed by atoms with Gasteiger partial charge in [-0.1, -0.05) is 48.5 Å². The van der Waals surface area contributed by atoms with E-state index in [9.17, 15) is 14.4 Å². The molecule has 0 aliphatic heterocycles. The lowest BCUT2D eigenvalue weighted by molar-refractivity contribution is -0.137. The third-order valence-corrected chi connectivity index (χ3v) is 6.71. The van der Waals surface area contributed by atoms with E-state index in [4.69, 9.17) is 9.84 Å². The summed E-state index contributed by atoms with van der Waals surface area (Å²) in [5.74, 6) is -1.25. The Bertz CT molecular complexity index is 1190. The molecule has 2 N–H and O–H groups in total. The number of carboxylic acids is 1. The van der Waals surface area contributed by atoms with Gasteiger partial charge in [0, 0.05) is 30.3 Å². The highest BCUT2D eigenvalue weighted by atomic mass is 32.1. The zero-order valence-electron chi connectivity index (χ0n) is 19.6. The minimum absolute atomic E-state index is 0.0118. The van der Waals surface area contributed by atoms with E-state index in [1.807, 2.05) is 38.1 Å². The number of ether oxygens (including phenoxy) is 1. The molecule has 2 aromatic carbocycles. The van der Waals surface area contributed by atoms with Crippen LogP contribution in [0.15, 0.2) is 53.9 Å². The first-order valence-electron chi connectivity index (χ1n) is 11.5. The fourth-order valence-electron chi connectivity index (χ4n) is 4.29. The van der Waals surface area contributed by atoms with E-state index in [1.165, 1.54) is 0 Å². The molecule has 0 bridgehead atoms. The number of nitrogens with one attached hydrogen (secondary N) is 1. The van der Waals surface area contributed by atoms with E-state index >= 15 is 0 Å². The molecule has 0 unspecified atom stereocenters. The van der Waals surface area contributed by atoms with Crippen LogP contribution in [0.2, 0.25) is 0 Å². The molecule has 1 heterocycles. The fourth-order valence-corrected chi connectivity index (χ4v) is 4.96. The van der Waals surface area contributed by atoms with Crippen LogP contribution >= 0.6 is 11.3 Å². The lowest BCUT2D eigenvalue weighted by atomic mass is 9.98. The highest BCUT2D eigenvalue weighted by Gasteiger charge is 2.29. The minimum atomic E-state index is -0.899. The first-order chi connectivity index (χ1) is 16.8. The number of rotatable bonds is 9. The first-order valence-corrected chi connectivity index (χ1v) is 12.3. The molecule has 0 saturated heterocycles. The predicted molar refractivity (Wildman–Crippen MR) is 134 cm³/mol. The second-order valence-electron chi connectivity index (χ2n) is 8.58. The number of hydrogen-bond acceptors (Lipinski definition) is 6. The van der Waals surface area contributed by atoms with Gasteiger partial charge < -0.3 is 14.7 Å². The van der Waals surface area contributed by atoms with Crippen LogP contribution in [0.5, 0.6) is 0 Å². The Morgan fingerprint density at radius 2 is 1.71 bits per heavy atom. The molecule has 3 aromatic rings. The normalized spacial score (nSPS) is 12.2. The third-order valence-electron chi connectivity index (χ3n) is 5.95. The molecule has 4 rings (SSSR count). The predicted octanol–water partition coefficient (Wildman–Crippen LogP) is 5.22. The van der Waals surface area contributed by atoms with E-state index in [1.54, 1.807) is 10.3 Å². The minimum Gasteiger partial charge on any atom is -0.481 e. The van der Waals surface area contributed by atoms with Crippen molar-refractivity contribution in [2.75, 3.05) is 18.5 Å². The van der Waals surface area contributed by atoms with Crippen LogP contribution in [0.1, 0.15) is 54.2 Å². The summed E-state index contributed by atoms with van der Waals surface area (Å²) in [6.07, 6.45) is -0.293. The molecule has 2 amide bonds. The molecular formula is C26H27N3O5S. The molecule has 0 atom stereocenters. The molecular weight excluding hydrogens is 466 g/mol. The van der Waals surface area contributed by atoms with Gasteiger partial charge in [-0.2, -0.15) is 0 Å². The highest BCUT2D eigenvalue weighted by molar-refractivity contribution is 7.14. The second-order valence-corrected chi connectivity index (χ2v) is 9.44. The highest BCUT2D eigenvalue weighted by Crippen LogP contribution is 2.44. The average Bonchev–Trinajstić information content (AvgIpc) is 3.42. The number of aromatic nitrogens is 1. The Morgan fingerprint density at radius 3 is 2.31 bits per heavy atom. The van der Waals surface area contributed by atoms with Crippen LogP contribution in [0.4, 0.5) is 9.93 Å². The van der Waals surface area contributed by atoms with E-state index < -0.39 is 12.1 Å². The summed E-state index contributed by atoms with van der Waals surface area (Å²) in [6.45, 7) is 4.22. The van der Waals surface area contributed by atoms with Gasteiger partial charge in [0.25, 0.3) is 5.91 Å². The van der Waals surface area contributed by atoms with Gasteiger partial charge in [0.15, 0.2) is 5.13 Å². The number of anilines is 1. The molecule has 0 radical (unpaired) electrons.